The molecule has 1 aromatic carbocycles. The van der Waals surface area contributed by atoms with Crippen LogP contribution in [-0.2, 0) is 6.54 Å². The molecule has 1 heterocycles. The molecule has 2 rings (SSSR count). The van der Waals surface area contributed by atoms with Crippen LogP contribution in [0.5, 0.6) is 0 Å². The molecule has 0 saturated carbocycles. The lowest BCUT2D eigenvalue weighted by molar-refractivity contribution is 0.198. The van der Waals surface area contributed by atoms with Gasteiger partial charge in [-0.15, -0.1) is 0 Å². The first-order chi connectivity index (χ1) is 12.0. The highest BCUT2D eigenvalue weighted by Gasteiger charge is 2.20. The van der Waals surface area contributed by atoms with E-state index in [0.717, 1.165) is 51.5 Å². The molecule has 3 N–H and O–H groups in total. The van der Waals surface area contributed by atoms with E-state index in [0.29, 0.717) is 6.04 Å². The zero-order chi connectivity index (χ0) is 18.1. The van der Waals surface area contributed by atoms with Crippen LogP contribution in [0.4, 0.5) is 0 Å². The van der Waals surface area contributed by atoms with Crippen LogP contribution < -0.4 is 16.0 Å². The first-order valence-electron chi connectivity index (χ1n) is 9.45. The predicted octanol–water partition coefficient (Wildman–Crippen LogP) is 2.20. The minimum Gasteiger partial charge on any atom is -0.355 e. The second-order valence-electron chi connectivity index (χ2n) is 7.86. The van der Waals surface area contributed by atoms with E-state index in [-0.39, 0.29) is 5.54 Å². The first-order valence-corrected chi connectivity index (χ1v) is 9.45. The monoisotopic (exact) mass is 345 g/mol. The van der Waals surface area contributed by atoms with Crippen molar-refractivity contribution in [2.45, 2.75) is 51.7 Å². The topological polar surface area (TPSA) is 51.7 Å². The summed E-state index contributed by atoms with van der Waals surface area (Å²) < 4.78 is 0. The molecule has 0 atom stereocenters. The Labute approximate surface area is 153 Å². The summed E-state index contributed by atoms with van der Waals surface area (Å²) in [6.07, 6.45) is 2.32. The Morgan fingerprint density at radius 3 is 2.40 bits per heavy atom. The number of rotatable bonds is 6. The van der Waals surface area contributed by atoms with Crippen molar-refractivity contribution < 1.29 is 0 Å². The van der Waals surface area contributed by atoms with E-state index in [4.69, 9.17) is 0 Å². The van der Waals surface area contributed by atoms with Crippen LogP contribution in [0.2, 0.25) is 0 Å². The lowest BCUT2D eigenvalue weighted by Gasteiger charge is -2.33. The molecule has 0 aromatic heterocycles. The summed E-state index contributed by atoms with van der Waals surface area (Å²) in [7, 11) is 1.84. The smallest absolute Gasteiger partial charge is 0.191 e. The van der Waals surface area contributed by atoms with Gasteiger partial charge in [-0.25, -0.2) is 0 Å². The van der Waals surface area contributed by atoms with Crippen molar-refractivity contribution in [3.05, 3.63) is 35.9 Å². The van der Waals surface area contributed by atoms with Gasteiger partial charge in [0.2, 0.25) is 0 Å². The van der Waals surface area contributed by atoms with Crippen LogP contribution in [0.25, 0.3) is 0 Å². The third-order valence-electron chi connectivity index (χ3n) is 4.47. The molecule has 0 spiro atoms. The van der Waals surface area contributed by atoms with Gasteiger partial charge in [0.1, 0.15) is 0 Å². The van der Waals surface area contributed by atoms with E-state index in [9.17, 15) is 0 Å². The van der Waals surface area contributed by atoms with Crippen LogP contribution in [0.3, 0.4) is 0 Å². The molecule has 0 amide bonds. The molecule has 0 bridgehead atoms. The van der Waals surface area contributed by atoms with E-state index in [1.165, 1.54) is 5.56 Å². The third kappa shape index (κ3) is 7.88. The molecule has 0 radical (unpaired) electrons. The molecule has 1 fully saturated rings. The Morgan fingerprint density at radius 1 is 1.12 bits per heavy atom. The number of nitrogens with zero attached hydrogens (tertiary/aromatic N) is 2. The summed E-state index contributed by atoms with van der Waals surface area (Å²) in [4.78, 5) is 6.89. The normalized spacial score (nSPS) is 17.5. The fourth-order valence-electron chi connectivity index (χ4n) is 3.08. The van der Waals surface area contributed by atoms with E-state index < -0.39 is 0 Å². The van der Waals surface area contributed by atoms with E-state index >= 15 is 0 Å². The average molecular weight is 346 g/mol. The van der Waals surface area contributed by atoms with Crippen molar-refractivity contribution in [3.63, 3.8) is 0 Å². The molecule has 1 aromatic rings. The maximum absolute atomic E-state index is 4.36. The number of guanidine groups is 1. The van der Waals surface area contributed by atoms with Crippen LogP contribution in [0.15, 0.2) is 35.3 Å². The average Bonchev–Trinajstić information content (AvgIpc) is 2.59. The summed E-state index contributed by atoms with van der Waals surface area (Å²) in [5.74, 6) is 0.914. The molecular weight excluding hydrogens is 310 g/mol. The van der Waals surface area contributed by atoms with Crippen LogP contribution in [0, 0.1) is 0 Å². The lowest BCUT2D eigenvalue weighted by Crippen LogP contribution is -2.50. The fourth-order valence-corrected chi connectivity index (χ4v) is 3.08. The highest BCUT2D eigenvalue weighted by Crippen LogP contribution is 2.13. The van der Waals surface area contributed by atoms with Gasteiger partial charge in [0.25, 0.3) is 0 Å². The standard InChI is InChI=1S/C20H35N5/c1-20(2,3)23-13-12-22-19(21-4)24-18-10-14-25(15-11-18)16-17-8-6-5-7-9-17/h5-9,18,23H,10-16H2,1-4H3,(H2,21,22,24). The SMILES string of the molecule is CN=C(NCCNC(C)(C)C)NC1CCN(Cc2ccccc2)CC1. The maximum Gasteiger partial charge on any atom is 0.191 e. The molecule has 140 valence electrons. The molecule has 0 unspecified atom stereocenters. The van der Waals surface area contributed by atoms with Gasteiger partial charge in [-0.05, 0) is 39.2 Å². The lowest BCUT2D eigenvalue weighted by atomic mass is 10.0. The largest absolute Gasteiger partial charge is 0.355 e. The number of benzene rings is 1. The molecule has 5 heteroatoms. The number of nitrogens with one attached hydrogen (secondary N) is 3. The second-order valence-corrected chi connectivity index (χ2v) is 7.86. The van der Waals surface area contributed by atoms with Crippen molar-refractivity contribution >= 4 is 5.96 Å². The van der Waals surface area contributed by atoms with E-state index in [1.807, 2.05) is 7.05 Å². The van der Waals surface area contributed by atoms with Crippen LogP contribution in [-0.4, -0.2) is 55.7 Å². The van der Waals surface area contributed by atoms with Crippen LogP contribution >= 0.6 is 0 Å². The third-order valence-corrected chi connectivity index (χ3v) is 4.47. The summed E-state index contributed by atoms with van der Waals surface area (Å²) in [6.45, 7) is 11.7. The zero-order valence-electron chi connectivity index (χ0n) is 16.3. The summed E-state index contributed by atoms with van der Waals surface area (Å²) in [5.41, 5.74) is 1.56. The molecule has 0 aliphatic carbocycles. The Kier molecular flexibility index (Phi) is 7.72. The first kappa shape index (κ1) is 19.7. The number of likely N-dealkylation sites (tertiary alicyclic amines) is 1. The second kappa shape index (κ2) is 9.78. The number of piperidine rings is 1. The minimum atomic E-state index is 0.157. The Hall–Kier alpha value is -1.59. The fraction of sp³-hybridized carbons (Fsp3) is 0.650. The molecular formula is C20H35N5. The number of hydrogen-bond donors (Lipinski definition) is 3. The zero-order valence-corrected chi connectivity index (χ0v) is 16.3. The van der Waals surface area contributed by atoms with Gasteiger partial charge < -0.3 is 16.0 Å². The Morgan fingerprint density at radius 2 is 1.80 bits per heavy atom. The predicted molar refractivity (Wildman–Crippen MR) is 107 cm³/mol. The Bertz CT molecular complexity index is 513. The van der Waals surface area contributed by atoms with Gasteiger partial charge in [0.05, 0.1) is 0 Å². The van der Waals surface area contributed by atoms with Crippen molar-refractivity contribution in [2.75, 3.05) is 33.2 Å². The van der Waals surface area contributed by atoms with Gasteiger partial charge in [0.15, 0.2) is 5.96 Å². The highest BCUT2D eigenvalue weighted by atomic mass is 15.2. The van der Waals surface area contributed by atoms with Gasteiger partial charge in [0, 0.05) is 51.4 Å². The summed E-state index contributed by atoms with van der Waals surface area (Å²) in [5, 5.41) is 10.5. The van der Waals surface area contributed by atoms with Gasteiger partial charge in [-0.1, -0.05) is 30.3 Å². The summed E-state index contributed by atoms with van der Waals surface area (Å²) in [6, 6.07) is 11.2. The minimum absolute atomic E-state index is 0.157. The number of hydrogen-bond acceptors (Lipinski definition) is 3. The quantitative estimate of drug-likeness (QED) is 0.420. The molecule has 1 aliphatic rings. The highest BCUT2D eigenvalue weighted by molar-refractivity contribution is 5.79. The molecule has 5 nitrogen and oxygen atoms in total. The molecule has 1 aliphatic heterocycles. The number of aliphatic imine (C=N–C) groups is 1. The molecule has 1 saturated heterocycles. The van der Waals surface area contributed by atoms with Crippen molar-refractivity contribution in [2.24, 2.45) is 4.99 Å². The Balaban J connectivity index is 1.66. The van der Waals surface area contributed by atoms with Crippen LogP contribution in [0.1, 0.15) is 39.2 Å². The van der Waals surface area contributed by atoms with E-state index in [1.54, 1.807) is 0 Å². The maximum atomic E-state index is 4.36. The van der Waals surface area contributed by atoms with Gasteiger partial charge in [-0.3, -0.25) is 9.89 Å². The van der Waals surface area contributed by atoms with E-state index in [2.05, 4.69) is 76.9 Å². The van der Waals surface area contributed by atoms with Gasteiger partial charge in [-0.2, -0.15) is 0 Å². The van der Waals surface area contributed by atoms with Crippen molar-refractivity contribution in [1.82, 2.24) is 20.9 Å². The van der Waals surface area contributed by atoms with Crippen molar-refractivity contribution in [3.8, 4) is 0 Å². The van der Waals surface area contributed by atoms with Crippen molar-refractivity contribution in [1.29, 1.82) is 0 Å². The molecule has 25 heavy (non-hydrogen) atoms. The summed E-state index contributed by atoms with van der Waals surface area (Å²) >= 11 is 0. The van der Waals surface area contributed by atoms with Gasteiger partial charge >= 0.3 is 0 Å².